The highest BCUT2D eigenvalue weighted by Crippen LogP contribution is 2.36. The minimum Gasteiger partial charge on any atom is -0.475 e. The topological polar surface area (TPSA) is 131 Å². The fraction of sp³-hybridized carbons (Fsp3) is 0.475. The second-order valence-electron chi connectivity index (χ2n) is 15.9. The van der Waals surface area contributed by atoms with Gasteiger partial charge < -0.3 is 14.5 Å². The van der Waals surface area contributed by atoms with Crippen LogP contribution in [-0.2, 0) is 23.0 Å². The summed E-state index contributed by atoms with van der Waals surface area (Å²) in [6.45, 7) is 14.9. The Morgan fingerprint density at radius 3 is 2.48 bits per heavy atom. The van der Waals surface area contributed by atoms with E-state index in [0.717, 1.165) is 41.8 Å². The van der Waals surface area contributed by atoms with Crippen molar-refractivity contribution in [2.24, 2.45) is 11.3 Å². The summed E-state index contributed by atoms with van der Waals surface area (Å²) in [5.41, 5.74) is 5.00. The van der Waals surface area contributed by atoms with Crippen molar-refractivity contribution >= 4 is 27.7 Å². The summed E-state index contributed by atoms with van der Waals surface area (Å²) >= 11 is 0. The number of fused-ring (bicyclic) bond motifs is 4. The molecule has 0 spiro atoms. The second kappa shape index (κ2) is 14.8. The van der Waals surface area contributed by atoms with Crippen molar-refractivity contribution in [1.82, 2.24) is 24.8 Å². The number of hydrogen-bond acceptors (Lipinski definition) is 9. The monoisotopic (exact) mass is 725 g/mol. The highest BCUT2D eigenvalue weighted by Gasteiger charge is 2.33. The number of rotatable bonds is 8. The van der Waals surface area contributed by atoms with Gasteiger partial charge in [0.15, 0.2) is 0 Å². The van der Waals surface area contributed by atoms with Gasteiger partial charge in [-0.3, -0.25) is 9.78 Å². The Morgan fingerprint density at radius 1 is 1.04 bits per heavy atom. The Hall–Kier alpha value is -4.58. The number of hydrogen-bond donors (Lipinski definition) is 1. The van der Waals surface area contributed by atoms with Gasteiger partial charge in [-0.05, 0) is 86.6 Å². The lowest BCUT2D eigenvalue weighted by atomic mass is 9.87. The molecule has 2 aliphatic rings. The fourth-order valence-electron chi connectivity index (χ4n) is 7.03. The van der Waals surface area contributed by atoms with E-state index in [4.69, 9.17) is 14.7 Å². The molecule has 3 heterocycles. The van der Waals surface area contributed by atoms with Crippen molar-refractivity contribution in [3.63, 3.8) is 0 Å². The maximum absolute atomic E-state index is 14.6. The number of ether oxygens (including phenoxy) is 1. The number of sulfonamides is 1. The van der Waals surface area contributed by atoms with Crippen LogP contribution in [0.15, 0.2) is 59.8 Å². The first-order chi connectivity index (χ1) is 24.6. The van der Waals surface area contributed by atoms with Crippen molar-refractivity contribution in [2.45, 2.75) is 104 Å². The zero-order chi connectivity index (χ0) is 37.4. The van der Waals surface area contributed by atoms with Crippen LogP contribution >= 0.6 is 0 Å². The van der Waals surface area contributed by atoms with E-state index in [9.17, 15) is 13.2 Å². The van der Waals surface area contributed by atoms with Gasteiger partial charge in [-0.1, -0.05) is 58.9 Å². The molecule has 1 saturated carbocycles. The van der Waals surface area contributed by atoms with Crippen LogP contribution in [0, 0.1) is 25.2 Å². The molecule has 0 radical (unpaired) electrons. The van der Waals surface area contributed by atoms with Crippen LogP contribution in [0.25, 0.3) is 11.3 Å². The Labute approximate surface area is 308 Å². The lowest BCUT2D eigenvalue weighted by molar-refractivity contribution is 0.0508. The highest BCUT2D eigenvalue weighted by molar-refractivity contribution is 7.92. The third-order valence-corrected chi connectivity index (χ3v) is 11.2. The van der Waals surface area contributed by atoms with Crippen LogP contribution in [0.5, 0.6) is 5.88 Å². The van der Waals surface area contributed by atoms with E-state index in [2.05, 4.69) is 60.3 Å². The number of carbonyl (C=O) groups is 1. The van der Waals surface area contributed by atoms with Gasteiger partial charge in [-0.2, -0.15) is 4.98 Å². The maximum Gasteiger partial charge on any atom is 0.264 e. The summed E-state index contributed by atoms with van der Waals surface area (Å²) in [5, 5.41) is 0. The molecule has 4 bridgehead atoms. The largest absolute Gasteiger partial charge is 0.475 e. The van der Waals surface area contributed by atoms with Crippen molar-refractivity contribution in [3.8, 4) is 17.1 Å². The predicted octanol–water partition coefficient (Wildman–Crippen LogP) is 7.38. The zero-order valence-electron chi connectivity index (χ0n) is 31.6. The molecule has 1 fully saturated rings. The quantitative estimate of drug-likeness (QED) is 0.198. The van der Waals surface area contributed by atoms with Crippen molar-refractivity contribution in [3.05, 3.63) is 82.8 Å². The number of amides is 1. The molecular weight excluding hydrogens is 675 g/mol. The number of nitrogens with zero attached hydrogens (tertiary/aromatic N) is 6. The second-order valence-corrected chi connectivity index (χ2v) is 17.6. The highest BCUT2D eigenvalue weighted by atomic mass is 32.2. The number of nitrogens with one attached hydrogen (secondary N) is 1. The van der Waals surface area contributed by atoms with Gasteiger partial charge in [0.25, 0.3) is 15.9 Å². The molecule has 0 unspecified atom stereocenters. The van der Waals surface area contributed by atoms with Crippen LogP contribution in [0.3, 0.4) is 0 Å². The van der Waals surface area contributed by atoms with Crippen molar-refractivity contribution in [2.75, 3.05) is 23.3 Å². The van der Waals surface area contributed by atoms with Crippen molar-refractivity contribution < 1.29 is 17.9 Å². The Bertz CT molecular complexity index is 2060. The summed E-state index contributed by atoms with van der Waals surface area (Å²) in [6, 6.07) is 12.2. The third-order valence-electron chi connectivity index (χ3n) is 9.89. The summed E-state index contributed by atoms with van der Waals surface area (Å²) in [7, 11) is -2.17. The van der Waals surface area contributed by atoms with Gasteiger partial charge in [0.05, 0.1) is 41.3 Å². The fourth-order valence-corrected chi connectivity index (χ4v) is 8.02. The van der Waals surface area contributed by atoms with Gasteiger partial charge >= 0.3 is 0 Å². The molecule has 1 aliphatic heterocycles. The molecule has 0 saturated heterocycles. The molecule has 1 aliphatic carbocycles. The van der Waals surface area contributed by atoms with Crippen LogP contribution in [0.4, 0.5) is 11.8 Å². The van der Waals surface area contributed by atoms with E-state index in [0.29, 0.717) is 35.3 Å². The molecule has 4 aromatic rings. The Kier molecular flexibility index (Phi) is 10.6. The van der Waals surface area contributed by atoms with E-state index in [1.165, 1.54) is 18.6 Å². The summed E-state index contributed by atoms with van der Waals surface area (Å²) in [5.74, 6) is 0.964. The number of benzene rings is 2. The van der Waals surface area contributed by atoms with Gasteiger partial charge in [-0.25, -0.2) is 23.1 Å². The smallest absolute Gasteiger partial charge is 0.264 e. The number of aryl methyl sites for hydroxylation is 1. The molecule has 52 heavy (non-hydrogen) atoms. The van der Waals surface area contributed by atoms with E-state index in [1.807, 2.05) is 33.0 Å². The molecule has 276 valence electrons. The van der Waals surface area contributed by atoms with Crippen LogP contribution in [0.1, 0.15) is 93.0 Å². The standard InChI is InChI=1S/C40H51N7O4S/c1-25(2)18-28-13-9-12-26(3)35(28)36-27(4)37-44-39(43-36)45-52(49,50)33-17-10-14-29(19-33)38(48)47(32(24-51-37)20-40(5,6)7)23-30-21-41-22-34(42-30)46(8)31-15-11-16-31/h9-10,12-14,17,19,21-22,25,31-32H,11,15-16,18,20,23-24H2,1-8H3,(H,43,44,45)/t32-/m1/s1. The summed E-state index contributed by atoms with van der Waals surface area (Å²) in [4.78, 5) is 37.4. The number of aromatic nitrogens is 4. The Balaban J connectivity index is 1.49. The predicted molar refractivity (Wildman–Crippen MR) is 204 cm³/mol. The van der Waals surface area contributed by atoms with Crippen molar-refractivity contribution in [1.29, 1.82) is 0 Å². The lowest BCUT2D eigenvalue weighted by Gasteiger charge is -2.36. The van der Waals surface area contributed by atoms with Crippen LogP contribution in [-0.4, -0.2) is 64.9 Å². The normalized spacial score (nSPS) is 17.7. The summed E-state index contributed by atoms with van der Waals surface area (Å²) < 4.78 is 37.0. The summed E-state index contributed by atoms with van der Waals surface area (Å²) in [6.07, 6.45) is 8.27. The van der Waals surface area contributed by atoms with E-state index < -0.39 is 16.1 Å². The molecule has 1 atom stereocenters. The molecule has 6 rings (SSSR count). The molecule has 2 aromatic carbocycles. The first kappa shape index (κ1) is 37.2. The van der Waals surface area contributed by atoms with Gasteiger partial charge in [0.2, 0.25) is 11.8 Å². The number of anilines is 2. The molecule has 12 heteroatoms. The average Bonchev–Trinajstić information content (AvgIpc) is 3.05. The number of carbonyl (C=O) groups excluding carboxylic acids is 1. The minimum atomic E-state index is -4.20. The van der Waals surface area contributed by atoms with E-state index in [-0.39, 0.29) is 46.8 Å². The molecule has 1 N–H and O–H groups in total. The third kappa shape index (κ3) is 8.22. The maximum atomic E-state index is 14.6. The molecule has 11 nitrogen and oxygen atoms in total. The van der Waals surface area contributed by atoms with Crippen LogP contribution in [0.2, 0.25) is 0 Å². The average molecular weight is 726 g/mol. The zero-order valence-corrected chi connectivity index (χ0v) is 32.4. The molecule has 2 aromatic heterocycles. The lowest BCUT2D eigenvalue weighted by Crippen LogP contribution is -2.45. The molecular formula is C40H51N7O4S. The van der Waals surface area contributed by atoms with Gasteiger partial charge in [0.1, 0.15) is 12.4 Å². The minimum absolute atomic E-state index is 0.0709. The van der Waals surface area contributed by atoms with E-state index >= 15 is 0 Å². The van der Waals surface area contributed by atoms with E-state index in [1.54, 1.807) is 29.4 Å². The van der Waals surface area contributed by atoms with Gasteiger partial charge in [0, 0.05) is 29.8 Å². The molecule has 1 amide bonds. The van der Waals surface area contributed by atoms with Gasteiger partial charge in [-0.15, -0.1) is 0 Å². The van der Waals surface area contributed by atoms with Crippen LogP contribution < -0.4 is 14.4 Å². The first-order valence-electron chi connectivity index (χ1n) is 18.2. The SMILES string of the molecule is Cc1cccc(CC(C)C)c1-c1nc2nc(c1C)OC[C@@H](CC(C)(C)C)N(Cc1cncc(N(C)C3CCC3)n1)C(=O)c1cccc(c1)S(=O)(=O)N2. The first-order valence-corrected chi connectivity index (χ1v) is 19.7. The Morgan fingerprint density at radius 2 is 1.79 bits per heavy atom.